The third-order valence-electron chi connectivity index (χ3n) is 1.35. The van der Waals surface area contributed by atoms with E-state index in [1.165, 1.54) is 12.2 Å². The first-order valence-electron chi connectivity index (χ1n) is 3.02. The fourth-order valence-electron chi connectivity index (χ4n) is 0.752. The Balaban J connectivity index is 2.75. The highest BCUT2D eigenvalue weighted by molar-refractivity contribution is 6.24. The molecule has 0 saturated heterocycles. The summed E-state index contributed by atoms with van der Waals surface area (Å²) in [6.45, 7) is 0. The van der Waals surface area contributed by atoms with Crippen LogP contribution in [0.3, 0.4) is 0 Å². The Hall–Kier alpha value is -0.830. The van der Waals surface area contributed by atoms with Gasteiger partial charge in [0.15, 0.2) is 0 Å². The molecule has 1 rings (SSSR count). The first-order chi connectivity index (χ1) is 5.01. The number of alkyl halides is 2. The topological polar surface area (TPSA) is 37.3 Å². The second-order valence-corrected chi connectivity index (χ2v) is 2.89. The molecule has 0 radical (unpaired) electrons. The van der Waals surface area contributed by atoms with Gasteiger partial charge in [0, 0.05) is 6.42 Å². The van der Waals surface area contributed by atoms with Gasteiger partial charge in [-0.2, -0.15) is 0 Å². The van der Waals surface area contributed by atoms with E-state index in [0.29, 0.717) is 0 Å². The zero-order chi connectivity index (χ0) is 8.48. The van der Waals surface area contributed by atoms with Gasteiger partial charge in [-0.1, -0.05) is 17.7 Å². The van der Waals surface area contributed by atoms with Crippen LogP contribution in [0.1, 0.15) is 6.42 Å². The molecule has 0 aromatic heterocycles. The summed E-state index contributed by atoms with van der Waals surface area (Å²) in [6.07, 6.45) is 3.37. The van der Waals surface area contributed by atoms with E-state index in [9.17, 15) is 9.18 Å². The van der Waals surface area contributed by atoms with Crippen molar-refractivity contribution in [2.24, 2.45) is 0 Å². The minimum absolute atomic E-state index is 0.0823. The van der Waals surface area contributed by atoms with E-state index in [2.05, 4.69) is 0 Å². The normalized spacial score (nSPS) is 29.8. The van der Waals surface area contributed by atoms with Crippen LogP contribution in [-0.4, -0.2) is 16.2 Å². The van der Waals surface area contributed by atoms with Gasteiger partial charge in [0.05, 0.1) is 5.57 Å². The first kappa shape index (κ1) is 8.27. The molecule has 0 aromatic carbocycles. The Morgan fingerprint density at radius 1 is 1.82 bits per heavy atom. The van der Waals surface area contributed by atoms with Crippen LogP contribution in [0.5, 0.6) is 0 Å². The standard InChI is InChI=1S/C7H6ClFO2/c8-7(9)3-1-5(2-4-7)6(10)11/h1-3H,4H2,(H,10,11). The monoisotopic (exact) mass is 176 g/mol. The number of hydrogen-bond donors (Lipinski definition) is 1. The molecule has 0 heterocycles. The van der Waals surface area contributed by atoms with Crippen molar-refractivity contribution in [2.45, 2.75) is 11.5 Å². The van der Waals surface area contributed by atoms with Crippen LogP contribution in [0.15, 0.2) is 23.8 Å². The lowest BCUT2D eigenvalue weighted by atomic mass is 10.1. The molecule has 0 aromatic rings. The van der Waals surface area contributed by atoms with Crippen LogP contribution in [0, 0.1) is 0 Å². The van der Waals surface area contributed by atoms with Crippen molar-refractivity contribution in [1.82, 2.24) is 0 Å². The molecular weight excluding hydrogens is 171 g/mol. The third-order valence-corrected chi connectivity index (χ3v) is 1.63. The molecule has 0 aliphatic heterocycles. The van der Waals surface area contributed by atoms with Gasteiger partial charge in [-0.05, 0) is 12.2 Å². The summed E-state index contributed by atoms with van der Waals surface area (Å²) in [6, 6.07) is 0. The lowest BCUT2D eigenvalue weighted by molar-refractivity contribution is -0.132. The molecule has 0 spiro atoms. The summed E-state index contributed by atoms with van der Waals surface area (Å²) in [5, 5.41) is 6.52. The van der Waals surface area contributed by atoms with Gasteiger partial charge in [0.1, 0.15) is 0 Å². The van der Waals surface area contributed by atoms with Crippen LogP contribution in [-0.2, 0) is 4.79 Å². The van der Waals surface area contributed by atoms with Crippen molar-refractivity contribution in [1.29, 1.82) is 0 Å². The zero-order valence-electron chi connectivity index (χ0n) is 5.55. The molecule has 4 heteroatoms. The fraction of sp³-hybridized carbons (Fsp3) is 0.286. The van der Waals surface area contributed by atoms with Crippen molar-refractivity contribution in [3.63, 3.8) is 0 Å². The number of hydrogen-bond acceptors (Lipinski definition) is 1. The van der Waals surface area contributed by atoms with Crippen molar-refractivity contribution in [3.8, 4) is 0 Å². The molecule has 2 nitrogen and oxygen atoms in total. The summed E-state index contributed by atoms with van der Waals surface area (Å²) >= 11 is 5.25. The van der Waals surface area contributed by atoms with Crippen molar-refractivity contribution in [2.75, 3.05) is 0 Å². The Morgan fingerprint density at radius 2 is 2.45 bits per heavy atom. The number of allylic oxidation sites excluding steroid dienone is 2. The minimum atomic E-state index is -1.90. The number of carboxylic acid groups (broad SMARTS) is 1. The molecule has 0 bridgehead atoms. The fourth-order valence-corrected chi connectivity index (χ4v) is 0.893. The molecule has 1 aliphatic rings. The van der Waals surface area contributed by atoms with Crippen LogP contribution in [0.25, 0.3) is 0 Å². The van der Waals surface area contributed by atoms with Crippen molar-refractivity contribution >= 4 is 17.6 Å². The van der Waals surface area contributed by atoms with E-state index in [-0.39, 0.29) is 12.0 Å². The van der Waals surface area contributed by atoms with E-state index in [0.717, 1.165) is 6.08 Å². The van der Waals surface area contributed by atoms with Gasteiger partial charge in [-0.3, -0.25) is 0 Å². The molecule has 1 atom stereocenters. The average molecular weight is 177 g/mol. The van der Waals surface area contributed by atoms with E-state index in [1.807, 2.05) is 0 Å². The number of halogens is 2. The smallest absolute Gasteiger partial charge is 0.335 e. The molecule has 11 heavy (non-hydrogen) atoms. The molecule has 1 aliphatic carbocycles. The van der Waals surface area contributed by atoms with E-state index >= 15 is 0 Å². The molecule has 0 amide bonds. The summed E-state index contributed by atoms with van der Waals surface area (Å²) < 4.78 is 12.7. The van der Waals surface area contributed by atoms with E-state index in [4.69, 9.17) is 16.7 Å². The summed E-state index contributed by atoms with van der Waals surface area (Å²) in [4.78, 5) is 10.3. The highest BCUT2D eigenvalue weighted by Crippen LogP contribution is 2.28. The predicted molar refractivity (Wildman–Crippen MR) is 39.2 cm³/mol. The van der Waals surface area contributed by atoms with Gasteiger partial charge in [0.25, 0.3) is 0 Å². The van der Waals surface area contributed by atoms with Gasteiger partial charge in [-0.25, -0.2) is 9.18 Å². The van der Waals surface area contributed by atoms with E-state index in [1.54, 1.807) is 0 Å². The maximum Gasteiger partial charge on any atom is 0.335 e. The Kier molecular flexibility index (Phi) is 2.00. The molecular formula is C7H6ClFO2. The van der Waals surface area contributed by atoms with Crippen LogP contribution in [0.2, 0.25) is 0 Å². The zero-order valence-corrected chi connectivity index (χ0v) is 6.31. The molecule has 0 saturated carbocycles. The third kappa shape index (κ3) is 2.05. The summed E-state index contributed by atoms with van der Waals surface area (Å²) in [5.41, 5.74) is 0.0823. The number of aliphatic carboxylic acids is 1. The lowest BCUT2D eigenvalue weighted by Gasteiger charge is -2.14. The molecule has 1 N–H and O–H groups in total. The quantitative estimate of drug-likeness (QED) is 0.620. The summed E-state index contributed by atoms with van der Waals surface area (Å²) in [7, 11) is 0. The lowest BCUT2D eigenvalue weighted by Crippen LogP contribution is -2.14. The number of carbonyl (C=O) groups is 1. The highest BCUT2D eigenvalue weighted by atomic mass is 35.5. The van der Waals surface area contributed by atoms with Gasteiger partial charge >= 0.3 is 5.97 Å². The maximum atomic E-state index is 12.7. The van der Waals surface area contributed by atoms with Crippen molar-refractivity contribution in [3.05, 3.63) is 23.8 Å². The van der Waals surface area contributed by atoms with Gasteiger partial charge < -0.3 is 5.11 Å². The first-order valence-corrected chi connectivity index (χ1v) is 3.39. The minimum Gasteiger partial charge on any atom is -0.478 e. The SMILES string of the molecule is O=C(O)C1=CCC(F)(Cl)C=C1. The largest absolute Gasteiger partial charge is 0.478 e. The van der Waals surface area contributed by atoms with Crippen LogP contribution in [0.4, 0.5) is 4.39 Å². The second kappa shape index (κ2) is 2.66. The second-order valence-electron chi connectivity index (χ2n) is 2.26. The Labute approximate surface area is 68.0 Å². The average Bonchev–Trinajstić information content (AvgIpc) is 1.86. The molecule has 60 valence electrons. The van der Waals surface area contributed by atoms with E-state index < -0.39 is 11.1 Å². The molecule has 1 unspecified atom stereocenters. The molecule has 0 fully saturated rings. The van der Waals surface area contributed by atoms with Crippen LogP contribution < -0.4 is 0 Å². The van der Waals surface area contributed by atoms with Gasteiger partial charge in [0.2, 0.25) is 5.13 Å². The highest BCUT2D eigenvalue weighted by Gasteiger charge is 2.25. The maximum absolute atomic E-state index is 12.7. The summed E-state index contributed by atoms with van der Waals surface area (Å²) in [5.74, 6) is -1.06. The predicted octanol–water partition coefficient (Wildman–Crippen LogP) is 1.86. The van der Waals surface area contributed by atoms with Crippen LogP contribution >= 0.6 is 11.6 Å². The van der Waals surface area contributed by atoms with Crippen molar-refractivity contribution < 1.29 is 14.3 Å². The number of carboxylic acids is 1. The Morgan fingerprint density at radius 3 is 2.82 bits per heavy atom. The number of rotatable bonds is 1. The van der Waals surface area contributed by atoms with Gasteiger partial charge in [-0.15, -0.1) is 0 Å². The Bertz CT molecular complexity index is 243.